The third-order valence-electron chi connectivity index (χ3n) is 3.20. The topological polar surface area (TPSA) is 73.2 Å². The summed E-state index contributed by atoms with van der Waals surface area (Å²) in [5.41, 5.74) is 1.46. The predicted molar refractivity (Wildman–Crippen MR) is 82.9 cm³/mol. The highest BCUT2D eigenvalue weighted by Gasteiger charge is 2.05. The van der Waals surface area contributed by atoms with Crippen LogP contribution in [-0.2, 0) is 11.3 Å². The molecule has 0 saturated heterocycles. The predicted octanol–water partition coefficient (Wildman–Crippen LogP) is 1.06. The van der Waals surface area contributed by atoms with Gasteiger partial charge in [-0.15, -0.1) is 0 Å². The van der Waals surface area contributed by atoms with Gasteiger partial charge in [-0.05, 0) is 25.5 Å². The molecule has 1 heterocycles. The van der Waals surface area contributed by atoms with Crippen molar-refractivity contribution >= 4 is 5.91 Å². The molecule has 0 spiro atoms. The maximum atomic E-state index is 11.8. The van der Waals surface area contributed by atoms with Crippen molar-refractivity contribution in [2.45, 2.75) is 20.4 Å². The fourth-order valence-electron chi connectivity index (χ4n) is 1.95. The summed E-state index contributed by atoms with van der Waals surface area (Å²) in [6.45, 7) is 4.31. The molecule has 6 heteroatoms. The smallest absolute Gasteiger partial charge is 0.258 e. The van der Waals surface area contributed by atoms with Gasteiger partial charge in [-0.3, -0.25) is 14.2 Å². The molecule has 0 aliphatic carbocycles. The minimum atomic E-state index is -0.225. The zero-order valence-electron chi connectivity index (χ0n) is 12.7. The van der Waals surface area contributed by atoms with E-state index >= 15 is 0 Å². The van der Waals surface area contributed by atoms with E-state index in [4.69, 9.17) is 4.74 Å². The molecule has 0 aliphatic rings. The third kappa shape index (κ3) is 4.18. The number of carbonyl (C=O) groups is 1. The number of hydrogen-bond donors (Lipinski definition) is 1. The Labute approximate surface area is 128 Å². The van der Waals surface area contributed by atoms with Gasteiger partial charge in [0.1, 0.15) is 5.75 Å². The Kier molecular flexibility index (Phi) is 5.30. The van der Waals surface area contributed by atoms with Crippen molar-refractivity contribution in [3.05, 3.63) is 58.3 Å². The Morgan fingerprint density at radius 1 is 1.27 bits per heavy atom. The van der Waals surface area contributed by atoms with Crippen molar-refractivity contribution < 1.29 is 9.53 Å². The Balaban J connectivity index is 1.78. The van der Waals surface area contributed by atoms with Crippen molar-refractivity contribution in [2.24, 2.45) is 0 Å². The van der Waals surface area contributed by atoms with Crippen molar-refractivity contribution in [2.75, 3.05) is 13.2 Å². The molecule has 6 nitrogen and oxygen atoms in total. The van der Waals surface area contributed by atoms with Crippen LogP contribution in [0.1, 0.15) is 11.1 Å². The molecule has 0 saturated carbocycles. The van der Waals surface area contributed by atoms with Crippen molar-refractivity contribution in [3.8, 4) is 5.75 Å². The van der Waals surface area contributed by atoms with Crippen LogP contribution in [0.5, 0.6) is 5.75 Å². The van der Waals surface area contributed by atoms with Crippen LogP contribution in [0.4, 0.5) is 0 Å². The van der Waals surface area contributed by atoms with Crippen molar-refractivity contribution in [3.63, 3.8) is 0 Å². The molecule has 2 rings (SSSR count). The number of benzene rings is 1. The lowest BCUT2D eigenvalue weighted by molar-refractivity contribution is -0.123. The zero-order chi connectivity index (χ0) is 15.9. The van der Waals surface area contributed by atoms with Crippen LogP contribution in [-0.4, -0.2) is 28.6 Å². The lowest BCUT2D eigenvalue weighted by atomic mass is 10.2. The Bertz CT molecular complexity index is 710. The number of ether oxygens (including phenoxy) is 1. The molecule has 22 heavy (non-hydrogen) atoms. The highest BCUT2D eigenvalue weighted by atomic mass is 16.5. The molecule has 1 amide bonds. The van der Waals surface area contributed by atoms with Crippen LogP contribution in [0.2, 0.25) is 0 Å². The van der Waals surface area contributed by atoms with Gasteiger partial charge in [0.15, 0.2) is 6.61 Å². The van der Waals surface area contributed by atoms with Gasteiger partial charge in [0, 0.05) is 24.8 Å². The van der Waals surface area contributed by atoms with Gasteiger partial charge in [-0.2, -0.15) is 0 Å². The van der Waals surface area contributed by atoms with Gasteiger partial charge in [-0.25, -0.2) is 4.98 Å². The summed E-state index contributed by atoms with van der Waals surface area (Å²) in [4.78, 5) is 27.5. The second kappa shape index (κ2) is 7.40. The third-order valence-corrected chi connectivity index (χ3v) is 3.20. The number of amides is 1. The van der Waals surface area contributed by atoms with E-state index in [1.54, 1.807) is 6.92 Å². The van der Waals surface area contributed by atoms with E-state index in [9.17, 15) is 9.59 Å². The molecule has 1 N–H and O–H groups in total. The summed E-state index contributed by atoms with van der Waals surface area (Å²) >= 11 is 0. The summed E-state index contributed by atoms with van der Waals surface area (Å²) in [6, 6.07) is 7.51. The minimum absolute atomic E-state index is 0.0498. The number of aryl methyl sites for hydroxylation is 2. The number of nitrogens with zero attached hydrogens (tertiary/aromatic N) is 2. The van der Waals surface area contributed by atoms with Gasteiger partial charge < -0.3 is 10.1 Å². The fraction of sp³-hybridized carbons (Fsp3) is 0.312. The second-order valence-electron chi connectivity index (χ2n) is 4.98. The zero-order valence-corrected chi connectivity index (χ0v) is 12.7. The molecule has 0 aliphatic heterocycles. The lowest BCUT2D eigenvalue weighted by Crippen LogP contribution is -2.34. The van der Waals surface area contributed by atoms with Crippen LogP contribution in [0.3, 0.4) is 0 Å². The fourth-order valence-corrected chi connectivity index (χ4v) is 1.95. The largest absolute Gasteiger partial charge is 0.484 e. The van der Waals surface area contributed by atoms with Gasteiger partial charge in [-0.1, -0.05) is 18.2 Å². The SMILES string of the molecule is Cc1ccccc1OCC(=O)NCCn1cncc(C)c1=O. The average molecular weight is 301 g/mol. The van der Waals surface area contributed by atoms with E-state index in [-0.39, 0.29) is 18.1 Å². The van der Waals surface area contributed by atoms with E-state index in [0.29, 0.717) is 24.4 Å². The monoisotopic (exact) mass is 301 g/mol. The molecule has 0 radical (unpaired) electrons. The van der Waals surface area contributed by atoms with E-state index in [1.807, 2.05) is 31.2 Å². The summed E-state index contributed by atoms with van der Waals surface area (Å²) in [7, 11) is 0. The van der Waals surface area contributed by atoms with Crippen molar-refractivity contribution in [1.82, 2.24) is 14.9 Å². The second-order valence-corrected chi connectivity index (χ2v) is 4.98. The van der Waals surface area contributed by atoms with Crippen LogP contribution in [0, 0.1) is 13.8 Å². The first-order valence-corrected chi connectivity index (χ1v) is 7.04. The first-order chi connectivity index (χ1) is 10.6. The standard InChI is InChI=1S/C16H19N3O3/c1-12-5-3-4-6-14(12)22-10-15(20)18-7-8-19-11-17-9-13(2)16(19)21/h3-6,9,11H,7-8,10H2,1-2H3,(H,18,20). The number of para-hydroxylation sites is 1. The molecule has 0 atom stereocenters. The van der Waals surface area contributed by atoms with Crippen LogP contribution in [0.15, 0.2) is 41.6 Å². The van der Waals surface area contributed by atoms with Crippen molar-refractivity contribution in [1.29, 1.82) is 0 Å². The summed E-state index contributed by atoms with van der Waals surface area (Å²) in [5.74, 6) is 0.466. The molecule has 116 valence electrons. The van der Waals surface area contributed by atoms with Gasteiger partial charge in [0.25, 0.3) is 11.5 Å². The highest BCUT2D eigenvalue weighted by molar-refractivity contribution is 5.77. The first kappa shape index (κ1) is 15.8. The molecule has 0 unspecified atom stereocenters. The quantitative estimate of drug-likeness (QED) is 0.865. The Hall–Kier alpha value is -2.63. The van der Waals surface area contributed by atoms with E-state index in [2.05, 4.69) is 10.3 Å². The van der Waals surface area contributed by atoms with Gasteiger partial charge in [0.2, 0.25) is 0 Å². The summed E-state index contributed by atoms with van der Waals surface area (Å²) < 4.78 is 6.92. The van der Waals surface area contributed by atoms with Crippen LogP contribution >= 0.6 is 0 Å². The van der Waals surface area contributed by atoms with E-state index in [0.717, 1.165) is 5.56 Å². The molecule has 0 bridgehead atoms. The van der Waals surface area contributed by atoms with E-state index < -0.39 is 0 Å². The maximum Gasteiger partial charge on any atom is 0.258 e. The Morgan fingerprint density at radius 2 is 2.05 bits per heavy atom. The highest BCUT2D eigenvalue weighted by Crippen LogP contribution is 2.15. The molecule has 1 aromatic heterocycles. The average Bonchev–Trinajstić information content (AvgIpc) is 2.51. The number of rotatable bonds is 6. The summed E-state index contributed by atoms with van der Waals surface area (Å²) in [6.07, 6.45) is 2.98. The lowest BCUT2D eigenvalue weighted by Gasteiger charge is -2.10. The minimum Gasteiger partial charge on any atom is -0.484 e. The number of aromatic nitrogens is 2. The molecular formula is C16H19N3O3. The molecule has 2 aromatic rings. The van der Waals surface area contributed by atoms with E-state index in [1.165, 1.54) is 17.1 Å². The molecular weight excluding hydrogens is 282 g/mol. The normalized spacial score (nSPS) is 10.3. The number of nitrogens with one attached hydrogen (secondary N) is 1. The maximum absolute atomic E-state index is 11.8. The van der Waals surface area contributed by atoms with Gasteiger partial charge in [0.05, 0.1) is 6.33 Å². The number of hydrogen-bond acceptors (Lipinski definition) is 4. The number of carbonyl (C=O) groups excluding carboxylic acids is 1. The molecule has 0 fully saturated rings. The first-order valence-electron chi connectivity index (χ1n) is 7.04. The molecule has 1 aromatic carbocycles. The summed E-state index contributed by atoms with van der Waals surface area (Å²) in [5, 5.41) is 2.72. The Morgan fingerprint density at radius 3 is 2.82 bits per heavy atom. The van der Waals surface area contributed by atoms with Crippen LogP contribution in [0.25, 0.3) is 0 Å². The van der Waals surface area contributed by atoms with Gasteiger partial charge >= 0.3 is 0 Å². The van der Waals surface area contributed by atoms with Crippen LogP contribution < -0.4 is 15.6 Å².